The van der Waals surface area contributed by atoms with Crippen molar-refractivity contribution in [2.75, 3.05) is 13.1 Å². The SMILES string of the molecule is Cn1ccc(CN2CCCNC(=O)C2Cc2ccccc2)c1. The van der Waals surface area contributed by atoms with Gasteiger partial charge in [-0.15, -0.1) is 0 Å². The first-order chi connectivity index (χ1) is 10.7. The number of rotatable bonds is 4. The van der Waals surface area contributed by atoms with Gasteiger partial charge in [-0.1, -0.05) is 30.3 Å². The van der Waals surface area contributed by atoms with Gasteiger partial charge in [0.2, 0.25) is 5.91 Å². The Hall–Kier alpha value is -2.07. The van der Waals surface area contributed by atoms with E-state index in [4.69, 9.17) is 0 Å². The molecule has 1 N–H and O–H groups in total. The number of nitrogens with one attached hydrogen (secondary N) is 1. The smallest absolute Gasteiger partial charge is 0.237 e. The van der Waals surface area contributed by atoms with E-state index in [1.807, 2.05) is 25.2 Å². The summed E-state index contributed by atoms with van der Waals surface area (Å²) in [5.74, 6) is 0.150. The van der Waals surface area contributed by atoms with E-state index in [1.54, 1.807) is 0 Å². The fourth-order valence-electron chi connectivity index (χ4n) is 3.07. The van der Waals surface area contributed by atoms with Crippen LogP contribution in [-0.2, 0) is 24.8 Å². The van der Waals surface area contributed by atoms with Crippen molar-refractivity contribution in [2.45, 2.75) is 25.4 Å². The number of benzene rings is 1. The summed E-state index contributed by atoms with van der Waals surface area (Å²) >= 11 is 0. The van der Waals surface area contributed by atoms with E-state index in [9.17, 15) is 4.79 Å². The van der Waals surface area contributed by atoms with E-state index in [0.717, 1.165) is 32.5 Å². The third kappa shape index (κ3) is 3.57. The summed E-state index contributed by atoms with van der Waals surface area (Å²) in [7, 11) is 2.03. The zero-order chi connectivity index (χ0) is 15.4. The molecular formula is C18H23N3O. The molecule has 0 radical (unpaired) electrons. The zero-order valence-electron chi connectivity index (χ0n) is 13.0. The van der Waals surface area contributed by atoms with Gasteiger partial charge in [0.25, 0.3) is 0 Å². The van der Waals surface area contributed by atoms with Gasteiger partial charge in [0.15, 0.2) is 0 Å². The van der Waals surface area contributed by atoms with Crippen LogP contribution in [0.3, 0.4) is 0 Å². The number of nitrogens with zero attached hydrogens (tertiary/aromatic N) is 2. The van der Waals surface area contributed by atoms with E-state index < -0.39 is 0 Å². The van der Waals surface area contributed by atoms with E-state index in [2.05, 4.69) is 45.4 Å². The largest absolute Gasteiger partial charge is 0.357 e. The molecule has 1 aliphatic rings. The van der Waals surface area contributed by atoms with Crippen molar-refractivity contribution in [1.82, 2.24) is 14.8 Å². The van der Waals surface area contributed by atoms with Crippen molar-refractivity contribution < 1.29 is 4.79 Å². The third-order valence-corrected chi connectivity index (χ3v) is 4.22. The van der Waals surface area contributed by atoms with E-state index in [1.165, 1.54) is 11.1 Å². The van der Waals surface area contributed by atoms with Gasteiger partial charge < -0.3 is 9.88 Å². The third-order valence-electron chi connectivity index (χ3n) is 4.22. The number of hydrogen-bond donors (Lipinski definition) is 1. The van der Waals surface area contributed by atoms with Gasteiger partial charge in [-0.3, -0.25) is 9.69 Å². The Morgan fingerprint density at radius 3 is 2.73 bits per heavy atom. The molecule has 116 valence electrons. The Morgan fingerprint density at radius 1 is 1.18 bits per heavy atom. The minimum Gasteiger partial charge on any atom is -0.357 e. The lowest BCUT2D eigenvalue weighted by Gasteiger charge is -2.28. The maximum Gasteiger partial charge on any atom is 0.237 e. The summed E-state index contributed by atoms with van der Waals surface area (Å²) in [6.45, 7) is 2.55. The molecule has 0 bridgehead atoms. The Morgan fingerprint density at radius 2 is 2.00 bits per heavy atom. The fourth-order valence-corrected chi connectivity index (χ4v) is 3.07. The van der Waals surface area contributed by atoms with E-state index >= 15 is 0 Å². The maximum absolute atomic E-state index is 12.5. The highest BCUT2D eigenvalue weighted by atomic mass is 16.2. The molecule has 1 aliphatic heterocycles. The van der Waals surface area contributed by atoms with Crippen molar-refractivity contribution in [1.29, 1.82) is 0 Å². The maximum atomic E-state index is 12.5. The van der Waals surface area contributed by atoms with Crippen LogP contribution < -0.4 is 5.32 Å². The first-order valence-corrected chi connectivity index (χ1v) is 7.89. The monoisotopic (exact) mass is 297 g/mol. The van der Waals surface area contributed by atoms with Crippen LogP contribution in [0.4, 0.5) is 0 Å². The summed E-state index contributed by atoms with van der Waals surface area (Å²) in [5.41, 5.74) is 2.47. The summed E-state index contributed by atoms with van der Waals surface area (Å²) < 4.78 is 2.05. The molecule has 0 aliphatic carbocycles. The van der Waals surface area contributed by atoms with Gasteiger partial charge in [0.05, 0.1) is 6.04 Å². The van der Waals surface area contributed by atoms with Crippen LogP contribution in [0.1, 0.15) is 17.5 Å². The van der Waals surface area contributed by atoms with Gasteiger partial charge in [-0.25, -0.2) is 0 Å². The minimum absolute atomic E-state index is 0.0925. The highest BCUT2D eigenvalue weighted by molar-refractivity contribution is 5.82. The first-order valence-electron chi connectivity index (χ1n) is 7.89. The molecule has 1 amide bonds. The summed E-state index contributed by atoms with van der Waals surface area (Å²) in [5, 5.41) is 3.05. The van der Waals surface area contributed by atoms with Gasteiger partial charge in [-0.05, 0) is 30.0 Å². The average Bonchev–Trinajstić information content (AvgIpc) is 2.86. The van der Waals surface area contributed by atoms with Crippen molar-refractivity contribution in [2.24, 2.45) is 7.05 Å². The van der Waals surface area contributed by atoms with Crippen LogP contribution in [0, 0.1) is 0 Å². The molecule has 0 saturated carbocycles. The van der Waals surface area contributed by atoms with Gasteiger partial charge >= 0.3 is 0 Å². The molecule has 1 atom stereocenters. The van der Waals surface area contributed by atoms with Crippen LogP contribution in [0.15, 0.2) is 48.8 Å². The fraction of sp³-hybridized carbons (Fsp3) is 0.389. The Kier molecular flexibility index (Phi) is 4.59. The van der Waals surface area contributed by atoms with Crippen molar-refractivity contribution in [3.8, 4) is 0 Å². The van der Waals surface area contributed by atoms with Crippen molar-refractivity contribution in [3.63, 3.8) is 0 Å². The highest BCUT2D eigenvalue weighted by Gasteiger charge is 2.28. The molecule has 1 unspecified atom stereocenters. The average molecular weight is 297 g/mol. The standard InChI is InChI=1S/C18H23N3O/c1-20-11-8-16(13-20)14-21-10-5-9-19-18(22)17(21)12-15-6-3-2-4-7-15/h2-4,6-8,11,13,17H,5,9-10,12,14H2,1H3,(H,19,22). The topological polar surface area (TPSA) is 37.3 Å². The Bertz CT molecular complexity index is 620. The lowest BCUT2D eigenvalue weighted by molar-refractivity contribution is -0.125. The van der Waals surface area contributed by atoms with E-state index in [-0.39, 0.29) is 11.9 Å². The molecule has 22 heavy (non-hydrogen) atoms. The number of aryl methyl sites for hydroxylation is 1. The second kappa shape index (κ2) is 6.79. The zero-order valence-corrected chi connectivity index (χ0v) is 13.0. The Balaban J connectivity index is 1.78. The number of amides is 1. The predicted molar refractivity (Wildman–Crippen MR) is 87.4 cm³/mol. The quantitative estimate of drug-likeness (QED) is 0.936. The van der Waals surface area contributed by atoms with Crippen LogP contribution >= 0.6 is 0 Å². The number of aromatic nitrogens is 1. The first kappa shape index (κ1) is 14.9. The van der Waals surface area contributed by atoms with Crippen LogP contribution in [0.25, 0.3) is 0 Å². The molecule has 1 aromatic heterocycles. The lowest BCUT2D eigenvalue weighted by atomic mass is 10.0. The summed E-state index contributed by atoms with van der Waals surface area (Å²) in [4.78, 5) is 14.8. The summed E-state index contributed by atoms with van der Waals surface area (Å²) in [6.07, 6.45) is 5.95. The molecular weight excluding hydrogens is 274 g/mol. The normalized spacial score (nSPS) is 19.7. The molecule has 3 rings (SSSR count). The molecule has 2 aromatic rings. The predicted octanol–water partition coefficient (Wildman–Crippen LogP) is 1.96. The second-order valence-corrected chi connectivity index (χ2v) is 6.01. The van der Waals surface area contributed by atoms with Crippen LogP contribution in [-0.4, -0.2) is 34.5 Å². The van der Waals surface area contributed by atoms with Gasteiger partial charge in [0, 0.05) is 39.1 Å². The van der Waals surface area contributed by atoms with Crippen molar-refractivity contribution in [3.05, 3.63) is 59.9 Å². The van der Waals surface area contributed by atoms with E-state index in [0.29, 0.717) is 0 Å². The van der Waals surface area contributed by atoms with Crippen LogP contribution in [0.5, 0.6) is 0 Å². The number of carbonyl (C=O) groups excluding carboxylic acids is 1. The lowest BCUT2D eigenvalue weighted by Crippen LogP contribution is -2.45. The molecule has 2 heterocycles. The van der Waals surface area contributed by atoms with Crippen molar-refractivity contribution >= 4 is 5.91 Å². The number of hydrogen-bond acceptors (Lipinski definition) is 2. The second-order valence-electron chi connectivity index (χ2n) is 6.01. The van der Waals surface area contributed by atoms with Gasteiger partial charge in [-0.2, -0.15) is 0 Å². The molecule has 1 saturated heterocycles. The highest BCUT2D eigenvalue weighted by Crippen LogP contribution is 2.16. The Labute approximate surface area is 131 Å². The minimum atomic E-state index is -0.0925. The van der Waals surface area contributed by atoms with Gasteiger partial charge in [0.1, 0.15) is 0 Å². The van der Waals surface area contributed by atoms with Crippen LogP contribution in [0.2, 0.25) is 0 Å². The molecule has 1 fully saturated rings. The summed E-state index contributed by atoms with van der Waals surface area (Å²) in [6, 6.07) is 12.3. The number of carbonyl (C=O) groups is 1. The molecule has 1 aromatic carbocycles. The molecule has 0 spiro atoms. The molecule has 4 heteroatoms. The molecule has 4 nitrogen and oxygen atoms in total.